The summed E-state index contributed by atoms with van der Waals surface area (Å²) < 4.78 is 23.3. The minimum absolute atomic E-state index is 0.174. The van der Waals surface area contributed by atoms with Gasteiger partial charge < -0.3 is 29.3 Å². The van der Waals surface area contributed by atoms with E-state index in [0.717, 1.165) is 5.69 Å². The molecule has 11 nitrogen and oxygen atoms in total. The van der Waals surface area contributed by atoms with Gasteiger partial charge >= 0.3 is 18.2 Å². The van der Waals surface area contributed by atoms with Crippen molar-refractivity contribution in [3.8, 4) is 16.3 Å². The maximum absolute atomic E-state index is 14.3. The van der Waals surface area contributed by atoms with Crippen LogP contribution in [0.3, 0.4) is 0 Å². The highest BCUT2D eigenvalue weighted by molar-refractivity contribution is 7.98. The van der Waals surface area contributed by atoms with Gasteiger partial charge in [-0.05, 0) is 103 Å². The van der Waals surface area contributed by atoms with Gasteiger partial charge in [-0.1, -0.05) is 6.92 Å². The summed E-state index contributed by atoms with van der Waals surface area (Å²) in [6.07, 6.45) is 3.67. The molecular weight excluding hydrogens is 675 g/mol. The molecule has 0 saturated heterocycles. The first-order valence-electron chi connectivity index (χ1n) is 15.7. The van der Waals surface area contributed by atoms with Crippen LogP contribution >= 0.6 is 34.9 Å². The van der Waals surface area contributed by atoms with Gasteiger partial charge in [-0.15, -0.1) is 11.3 Å². The first-order valence-corrected chi connectivity index (χ1v) is 19.4. The number of thiazole rings is 1. The van der Waals surface area contributed by atoms with Gasteiger partial charge in [0.25, 0.3) is 0 Å². The molecule has 48 heavy (non-hydrogen) atoms. The van der Waals surface area contributed by atoms with E-state index in [0.29, 0.717) is 41.3 Å². The number of nitrogens with zero attached hydrogens (tertiary/aromatic N) is 1. The van der Waals surface area contributed by atoms with Gasteiger partial charge in [-0.3, -0.25) is 4.79 Å². The number of aromatic nitrogens is 1. The molecule has 1 aromatic carbocycles. The molecule has 3 aromatic rings. The zero-order valence-corrected chi connectivity index (χ0v) is 31.8. The molecule has 0 bridgehead atoms. The number of rotatable bonds is 13. The van der Waals surface area contributed by atoms with Crippen molar-refractivity contribution in [1.29, 1.82) is 0 Å². The number of esters is 1. The second-order valence-corrected chi connectivity index (χ2v) is 16.0. The predicted molar refractivity (Wildman–Crippen MR) is 195 cm³/mol. The van der Waals surface area contributed by atoms with Gasteiger partial charge in [0.2, 0.25) is 5.43 Å². The minimum atomic E-state index is -0.972. The zero-order chi connectivity index (χ0) is 35.8. The molecule has 0 spiro atoms. The highest BCUT2D eigenvalue weighted by Gasteiger charge is 2.30. The van der Waals surface area contributed by atoms with Crippen molar-refractivity contribution >= 4 is 64.0 Å². The molecule has 3 rings (SSSR count). The highest BCUT2D eigenvalue weighted by atomic mass is 32.2. The Morgan fingerprint density at radius 3 is 2.10 bits per heavy atom. The van der Waals surface area contributed by atoms with Crippen LogP contribution in [0.15, 0.2) is 26.7 Å². The number of carbonyl (C=O) groups is 3. The molecule has 2 atom stereocenters. The van der Waals surface area contributed by atoms with Crippen molar-refractivity contribution < 1.29 is 33.0 Å². The van der Waals surface area contributed by atoms with Crippen molar-refractivity contribution in [3.63, 3.8) is 0 Å². The fourth-order valence-electron chi connectivity index (χ4n) is 4.64. The number of alkyl carbamates (subject to hydrolysis) is 2. The van der Waals surface area contributed by atoms with Gasteiger partial charge in [-0.25, -0.2) is 19.4 Å². The van der Waals surface area contributed by atoms with E-state index in [1.807, 2.05) is 31.7 Å². The Balaban J connectivity index is 2.15. The van der Waals surface area contributed by atoms with Crippen LogP contribution in [-0.2, 0) is 20.7 Å². The monoisotopic (exact) mass is 721 g/mol. The van der Waals surface area contributed by atoms with Gasteiger partial charge in [-0.2, -0.15) is 23.5 Å². The van der Waals surface area contributed by atoms with Crippen LogP contribution in [0.4, 0.5) is 9.59 Å². The number of hydrogen-bond donors (Lipinski definition) is 2. The second-order valence-electron chi connectivity index (χ2n) is 13.2. The number of carbonyl (C=O) groups excluding carboxylic acids is 3. The van der Waals surface area contributed by atoms with Crippen LogP contribution in [0.2, 0.25) is 0 Å². The summed E-state index contributed by atoms with van der Waals surface area (Å²) >= 11 is 4.43. The largest absolute Gasteiger partial charge is 0.458 e. The average molecular weight is 722 g/mol. The van der Waals surface area contributed by atoms with Gasteiger partial charge in [0.15, 0.2) is 0 Å². The molecule has 0 aliphatic carbocycles. The third kappa shape index (κ3) is 11.2. The average Bonchev–Trinajstić information content (AvgIpc) is 3.40. The van der Waals surface area contributed by atoms with Crippen LogP contribution in [0.25, 0.3) is 21.5 Å². The van der Waals surface area contributed by atoms with Crippen LogP contribution in [0.5, 0.6) is 5.75 Å². The van der Waals surface area contributed by atoms with E-state index in [1.54, 1.807) is 59.4 Å². The van der Waals surface area contributed by atoms with E-state index in [2.05, 4.69) is 15.6 Å². The molecular formula is C34H47N3O8S3. The quantitative estimate of drug-likeness (QED) is 0.133. The summed E-state index contributed by atoms with van der Waals surface area (Å²) in [6, 6.07) is 1.48. The lowest BCUT2D eigenvalue weighted by Crippen LogP contribution is -2.45. The van der Waals surface area contributed by atoms with E-state index in [1.165, 1.54) is 29.2 Å². The van der Waals surface area contributed by atoms with Gasteiger partial charge in [0, 0.05) is 17.1 Å². The second kappa shape index (κ2) is 16.9. The maximum Gasteiger partial charge on any atom is 0.408 e. The summed E-state index contributed by atoms with van der Waals surface area (Å²) in [7, 11) is 0. The lowest BCUT2D eigenvalue weighted by atomic mass is 10.0. The first-order chi connectivity index (χ1) is 22.5. The van der Waals surface area contributed by atoms with Crippen LogP contribution in [0.1, 0.15) is 84.4 Å². The van der Waals surface area contributed by atoms with Crippen molar-refractivity contribution in [2.45, 2.75) is 97.9 Å². The Bertz CT molecular complexity index is 1660. The molecule has 0 fully saturated rings. The lowest BCUT2D eigenvalue weighted by Gasteiger charge is -2.24. The smallest absolute Gasteiger partial charge is 0.408 e. The third-order valence-corrected chi connectivity index (χ3v) is 8.99. The summed E-state index contributed by atoms with van der Waals surface area (Å²) in [5, 5.41) is 8.14. The molecule has 2 aromatic heterocycles. The maximum atomic E-state index is 14.3. The van der Waals surface area contributed by atoms with Crippen molar-refractivity contribution in [3.05, 3.63) is 44.8 Å². The molecule has 0 aliphatic heterocycles. The summed E-state index contributed by atoms with van der Waals surface area (Å²) in [5.74, 6) is 0.993. The van der Waals surface area contributed by atoms with Gasteiger partial charge in [0.1, 0.15) is 39.3 Å². The van der Waals surface area contributed by atoms with Crippen LogP contribution < -0.4 is 20.8 Å². The zero-order valence-electron chi connectivity index (χ0n) is 29.4. The molecule has 2 N–H and O–H groups in total. The fraction of sp³-hybridized carbons (Fsp3) is 0.559. The minimum Gasteiger partial charge on any atom is -0.458 e. The number of ether oxygens (including phenoxy) is 3. The Morgan fingerprint density at radius 2 is 1.56 bits per heavy atom. The Kier molecular flexibility index (Phi) is 13.8. The van der Waals surface area contributed by atoms with Gasteiger partial charge in [0.05, 0.1) is 17.0 Å². The predicted octanol–water partition coefficient (Wildman–Crippen LogP) is 7.66. The van der Waals surface area contributed by atoms with E-state index in [-0.39, 0.29) is 33.5 Å². The molecule has 2 unspecified atom stereocenters. The standard InChI is InChI=1S/C34H47N3O8S3/c1-11-20-16-21-25(17-24(20)43-30(39)23(13-15-47-10)37-32(41)45-34(6,7)8)42-28(26(27(21)38)29-35-19(2)18-48-29)22(12-14-46-9)36-31(40)44-33(3,4)5/h16-18,22-23H,11-15H2,1-10H3,(H,36,40)(H,37,41). The van der Waals surface area contributed by atoms with Crippen molar-refractivity contribution in [2.24, 2.45) is 0 Å². The molecule has 0 aliphatic rings. The summed E-state index contributed by atoms with van der Waals surface area (Å²) in [4.78, 5) is 57.9. The molecule has 2 amide bonds. The highest BCUT2D eigenvalue weighted by Crippen LogP contribution is 2.35. The van der Waals surface area contributed by atoms with E-state index in [9.17, 15) is 19.2 Å². The van der Waals surface area contributed by atoms with Crippen LogP contribution in [-0.4, -0.2) is 64.4 Å². The number of thioether (sulfide) groups is 2. The molecule has 0 radical (unpaired) electrons. The molecule has 2 heterocycles. The molecule has 264 valence electrons. The third-order valence-electron chi connectivity index (χ3n) is 6.73. The molecule has 0 saturated carbocycles. The van der Waals surface area contributed by atoms with E-state index >= 15 is 0 Å². The normalized spacial score (nSPS) is 13.1. The molecule has 14 heteroatoms. The van der Waals surface area contributed by atoms with E-state index in [4.69, 9.17) is 18.6 Å². The number of amides is 2. The SMILES string of the molecule is CCc1cc2c(=O)c(-c3nc(C)cs3)c(C(CCSC)NC(=O)OC(C)(C)C)oc2cc1OC(=O)C(CCSC)NC(=O)OC(C)(C)C. The van der Waals surface area contributed by atoms with E-state index < -0.39 is 41.4 Å². The van der Waals surface area contributed by atoms with Crippen molar-refractivity contribution in [1.82, 2.24) is 15.6 Å². The lowest BCUT2D eigenvalue weighted by molar-refractivity contribution is -0.136. The number of fused-ring (bicyclic) bond motifs is 1. The number of benzene rings is 1. The number of nitrogens with one attached hydrogen (secondary N) is 2. The first kappa shape index (κ1) is 39.2. The Hall–Kier alpha value is -3.23. The summed E-state index contributed by atoms with van der Waals surface area (Å²) in [6.45, 7) is 14.2. The number of aryl methyl sites for hydroxylation is 2. The fourth-order valence-corrected chi connectivity index (χ4v) is 6.43. The summed E-state index contributed by atoms with van der Waals surface area (Å²) in [5.41, 5.74) is -0.0328. The Labute approximate surface area is 294 Å². The van der Waals surface area contributed by atoms with Crippen molar-refractivity contribution in [2.75, 3.05) is 24.0 Å². The van der Waals surface area contributed by atoms with Crippen LogP contribution in [0, 0.1) is 6.92 Å². The topological polar surface area (TPSA) is 146 Å². The Morgan fingerprint density at radius 1 is 0.958 bits per heavy atom. The number of hydrogen-bond acceptors (Lipinski definition) is 12.